The molecule has 28 heavy (non-hydrogen) atoms. The van der Waals surface area contributed by atoms with E-state index >= 15 is 0 Å². The van der Waals surface area contributed by atoms with Crippen LogP contribution in [0.4, 0.5) is 5.13 Å². The first kappa shape index (κ1) is 20.5. The second-order valence-electron chi connectivity index (χ2n) is 7.86. The number of benzene rings is 2. The lowest BCUT2D eigenvalue weighted by molar-refractivity contribution is 0.0986. The van der Waals surface area contributed by atoms with Gasteiger partial charge in [0.25, 0.3) is 5.91 Å². The zero-order chi connectivity index (χ0) is 20.4. The Hall–Kier alpha value is -2.24. The molecule has 0 fully saturated rings. The molecule has 0 saturated carbocycles. The van der Waals surface area contributed by atoms with Crippen LogP contribution in [0, 0.1) is 27.7 Å². The first-order valence-electron chi connectivity index (χ1n) is 9.68. The number of rotatable bonds is 6. The van der Waals surface area contributed by atoms with Gasteiger partial charge in [-0.15, -0.1) is 0 Å². The Morgan fingerprint density at radius 3 is 2.21 bits per heavy atom. The van der Waals surface area contributed by atoms with Crippen molar-refractivity contribution in [3.8, 4) is 0 Å². The van der Waals surface area contributed by atoms with E-state index in [9.17, 15) is 4.79 Å². The molecule has 5 heteroatoms. The molecular weight excluding hydrogens is 366 g/mol. The fraction of sp³-hybridized carbons (Fsp3) is 0.391. The summed E-state index contributed by atoms with van der Waals surface area (Å²) < 4.78 is 1.17. The number of carbonyl (C=O) groups is 1. The van der Waals surface area contributed by atoms with Crippen LogP contribution in [0.5, 0.6) is 0 Å². The Labute approximate surface area is 171 Å². The van der Waals surface area contributed by atoms with E-state index in [4.69, 9.17) is 4.98 Å². The summed E-state index contributed by atoms with van der Waals surface area (Å²) in [5.41, 5.74) is 6.30. The Morgan fingerprint density at radius 2 is 1.61 bits per heavy atom. The van der Waals surface area contributed by atoms with Crippen LogP contribution in [-0.2, 0) is 0 Å². The minimum Gasteiger partial charge on any atom is -0.309 e. The molecule has 0 N–H and O–H groups in total. The summed E-state index contributed by atoms with van der Waals surface area (Å²) in [6.45, 7) is 9.83. The van der Waals surface area contributed by atoms with Gasteiger partial charge in [0.15, 0.2) is 5.13 Å². The van der Waals surface area contributed by atoms with Gasteiger partial charge >= 0.3 is 0 Å². The van der Waals surface area contributed by atoms with Gasteiger partial charge in [0.1, 0.15) is 0 Å². The van der Waals surface area contributed by atoms with Crippen molar-refractivity contribution in [2.45, 2.75) is 34.1 Å². The third-order valence-corrected chi connectivity index (χ3v) is 6.08. The summed E-state index contributed by atoms with van der Waals surface area (Å²) in [6, 6.07) is 10.3. The SMILES string of the molecule is Cc1cc(C)cc(C(=O)N(CCCN(C)C)c2nc3c(C)ccc(C)c3s2)c1. The number of anilines is 1. The molecule has 0 radical (unpaired) electrons. The van der Waals surface area contributed by atoms with Gasteiger partial charge in [0.2, 0.25) is 0 Å². The molecule has 0 aliphatic carbocycles. The highest BCUT2D eigenvalue weighted by molar-refractivity contribution is 7.22. The van der Waals surface area contributed by atoms with Crippen molar-refractivity contribution in [1.82, 2.24) is 9.88 Å². The average molecular weight is 396 g/mol. The molecule has 0 saturated heterocycles. The molecule has 1 aromatic heterocycles. The minimum atomic E-state index is 0.0277. The summed E-state index contributed by atoms with van der Waals surface area (Å²) in [7, 11) is 4.11. The highest BCUT2D eigenvalue weighted by atomic mass is 32.1. The highest BCUT2D eigenvalue weighted by Gasteiger charge is 2.22. The van der Waals surface area contributed by atoms with Gasteiger partial charge in [0.05, 0.1) is 10.2 Å². The molecule has 4 nitrogen and oxygen atoms in total. The van der Waals surface area contributed by atoms with E-state index in [2.05, 4.69) is 51.0 Å². The Bertz CT molecular complexity index is 947. The van der Waals surface area contributed by atoms with Crippen LogP contribution >= 0.6 is 11.3 Å². The van der Waals surface area contributed by atoms with Crippen LogP contribution in [0.2, 0.25) is 0 Å². The fourth-order valence-corrected chi connectivity index (χ4v) is 4.58. The monoisotopic (exact) mass is 395 g/mol. The molecule has 1 heterocycles. The standard InChI is InChI=1S/C23H29N3OS/c1-15-12-16(2)14-19(13-15)22(27)26(11-7-10-25(5)6)23-24-20-17(3)8-9-18(4)21(20)28-23/h8-9,12-14H,7,10-11H2,1-6H3. The minimum absolute atomic E-state index is 0.0277. The summed E-state index contributed by atoms with van der Waals surface area (Å²) in [5, 5.41) is 0.787. The number of aryl methyl sites for hydroxylation is 4. The quantitative estimate of drug-likeness (QED) is 0.581. The zero-order valence-electron chi connectivity index (χ0n) is 17.7. The van der Waals surface area contributed by atoms with Gasteiger partial charge in [-0.1, -0.05) is 40.7 Å². The van der Waals surface area contributed by atoms with E-state index in [-0.39, 0.29) is 5.91 Å². The molecule has 2 aromatic carbocycles. The largest absolute Gasteiger partial charge is 0.309 e. The Morgan fingerprint density at radius 1 is 0.964 bits per heavy atom. The van der Waals surface area contributed by atoms with Crippen LogP contribution < -0.4 is 4.90 Å². The highest BCUT2D eigenvalue weighted by Crippen LogP contribution is 2.34. The number of fused-ring (bicyclic) bond motifs is 1. The van der Waals surface area contributed by atoms with Crippen LogP contribution in [0.25, 0.3) is 10.2 Å². The second-order valence-corrected chi connectivity index (χ2v) is 8.84. The van der Waals surface area contributed by atoms with Crippen molar-refractivity contribution in [3.63, 3.8) is 0 Å². The summed E-state index contributed by atoms with van der Waals surface area (Å²) in [6.07, 6.45) is 0.900. The van der Waals surface area contributed by atoms with Gasteiger partial charge in [-0.2, -0.15) is 0 Å². The van der Waals surface area contributed by atoms with Crippen molar-refractivity contribution in [2.75, 3.05) is 32.1 Å². The van der Waals surface area contributed by atoms with Crippen LogP contribution in [0.3, 0.4) is 0 Å². The fourth-order valence-electron chi connectivity index (χ4n) is 3.45. The molecule has 0 bridgehead atoms. The van der Waals surface area contributed by atoms with E-state index < -0.39 is 0 Å². The predicted octanol–water partition coefficient (Wildman–Crippen LogP) is 5.13. The van der Waals surface area contributed by atoms with Crippen molar-refractivity contribution < 1.29 is 4.79 Å². The number of hydrogen-bond donors (Lipinski definition) is 0. The van der Waals surface area contributed by atoms with Gasteiger partial charge in [0, 0.05) is 12.1 Å². The maximum Gasteiger partial charge on any atom is 0.260 e. The van der Waals surface area contributed by atoms with Gasteiger partial charge in [-0.25, -0.2) is 4.98 Å². The summed E-state index contributed by atoms with van der Waals surface area (Å²) >= 11 is 1.62. The van der Waals surface area contributed by atoms with Crippen LogP contribution in [0.1, 0.15) is 39.0 Å². The summed E-state index contributed by atoms with van der Waals surface area (Å²) in [4.78, 5) is 22.3. The number of nitrogens with zero attached hydrogens (tertiary/aromatic N) is 3. The smallest absolute Gasteiger partial charge is 0.260 e. The number of carbonyl (C=O) groups excluding carboxylic acids is 1. The topological polar surface area (TPSA) is 36.4 Å². The van der Waals surface area contributed by atoms with E-state index in [1.165, 1.54) is 10.3 Å². The third-order valence-electron chi connectivity index (χ3n) is 4.86. The van der Waals surface area contributed by atoms with Crippen LogP contribution in [-0.4, -0.2) is 43.0 Å². The van der Waals surface area contributed by atoms with Gasteiger partial charge in [-0.05, 0) is 78.0 Å². The molecule has 1 amide bonds. The third kappa shape index (κ3) is 4.42. The predicted molar refractivity (Wildman–Crippen MR) is 120 cm³/mol. The lowest BCUT2D eigenvalue weighted by atomic mass is 10.1. The van der Waals surface area contributed by atoms with E-state index in [0.717, 1.165) is 45.9 Å². The lowest BCUT2D eigenvalue weighted by Crippen LogP contribution is -2.33. The molecule has 0 spiro atoms. The number of thiazole rings is 1. The van der Waals surface area contributed by atoms with Crippen molar-refractivity contribution in [1.29, 1.82) is 0 Å². The van der Waals surface area contributed by atoms with E-state index in [1.807, 2.05) is 30.9 Å². The van der Waals surface area contributed by atoms with Crippen LogP contribution in [0.15, 0.2) is 30.3 Å². The maximum absolute atomic E-state index is 13.5. The molecule has 0 unspecified atom stereocenters. The molecule has 3 rings (SSSR count). The van der Waals surface area contributed by atoms with Crippen molar-refractivity contribution in [2.24, 2.45) is 0 Å². The van der Waals surface area contributed by atoms with Crippen molar-refractivity contribution in [3.05, 3.63) is 58.1 Å². The first-order valence-corrected chi connectivity index (χ1v) is 10.5. The zero-order valence-corrected chi connectivity index (χ0v) is 18.5. The van der Waals surface area contributed by atoms with E-state index in [1.54, 1.807) is 11.3 Å². The van der Waals surface area contributed by atoms with E-state index in [0.29, 0.717) is 6.54 Å². The first-order chi connectivity index (χ1) is 13.3. The Balaban J connectivity index is 2.02. The molecule has 3 aromatic rings. The molecule has 0 atom stereocenters. The van der Waals surface area contributed by atoms with Gasteiger partial charge in [-0.3, -0.25) is 9.69 Å². The van der Waals surface area contributed by atoms with Crippen molar-refractivity contribution >= 4 is 32.6 Å². The molecule has 148 valence electrons. The number of hydrogen-bond acceptors (Lipinski definition) is 4. The molecular formula is C23H29N3OS. The normalized spacial score (nSPS) is 11.4. The number of amides is 1. The van der Waals surface area contributed by atoms with Gasteiger partial charge < -0.3 is 4.90 Å². The second kappa shape index (κ2) is 8.41. The maximum atomic E-state index is 13.5. The number of aromatic nitrogens is 1. The summed E-state index contributed by atoms with van der Waals surface area (Å²) in [5.74, 6) is 0.0277. The average Bonchev–Trinajstić information content (AvgIpc) is 3.07. The molecule has 0 aliphatic heterocycles. The molecule has 0 aliphatic rings. The lowest BCUT2D eigenvalue weighted by Gasteiger charge is -2.21. The Kier molecular flexibility index (Phi) is 6.16.